The van der Waals surface area contributed by atoms with Crippen LogP contribution in [-0.4, -0.2) is 59.3 Å². The lowest BCUT2D eigenvalue weighted by Crippen LogP contribution is -2.56. The molecule has 3 heterocycles. The van der Waals surface area contributed by atoms with Gasteiger partial charge in [0.05, 0.1) is 23.0 Å². The SMILES string of the molecule is CO[C@@H]1CCCOC12CCN(C(=O)c1cnc(C)nc1C)CC2. The zero-order chi connectivity index (χ0) is 16.4. The van der Waals surface area contributed by atoms with E-state index in [0.29, 0.717) is 24.5 Å². The van der Waals surface area contributed by atoms with Gasteiger partial charge >= 0.3 is 0 Å². The predicted molar refractivity (Wildman–Crippen MR) is 85.4 cm³/mol. The maximum Gasteiger partial charge on any atom is 0.257 e. The first-order valence-corrected chi connectivity index (χ1v) is 8.32. The van der Waals surface area contributed by atoms with Gasteiger partial charge in [-0.2, -0.15) is 0 Å². The fraction of sp³-hybridized carbons (Fsp3) is 0.706. The number of hydrogen-bond acceptors (Lipinski definition) is 5. The first-order valence-electron chi connectivity index (χ1n) is 8.32. The Hall–Kier alpha value is -1.53. The molecule has 0 aromatic carbocycles. The van der Waals surface area contributed by atoms with E-state index in [9.17, 15) is 4.79 Å². The van der Waals surface area contributed by atoms with Crippen molar-refractivity contribution < 1.29 is 14.3 Å². The van der Waals surface area contributed by atoms with E-state index in [1.54, 1.807) is 13.3 Å². The van der Waals surface area contributed by atoms with Gasteiger partial charge in [0.2, 0.25) is 0 Å². The van der Waals surface area contributed by atoms with Crippen LogP contribution in [0.4, 0.5) is 0 Å². The van der Waals surface area contributed by atoms with Gasteiger partial charge in [0.1, 0.15) is 5.82 Å². The van der Waals surface area contributed by atoms with Crippen LogP contribution in [0.1, 0.15) is 47.6 Å². The van der Waals surface area contributed by atoms with Gasteiger partial charge in [0.25, 0.3) is 5.91 Å². The van der Waals surface area contributed by atoms with Crippen molar-refractivity contribution in [1.29, 1.82) is 0 Å². The van der Waals surface area contributed by atoms with Crippen molar-refractivity contribution in [2.24, 2.45) is 0 Å². The van der Waals surface area contributed by atoms with Crippen molar-refractivity contribution in [2.75, 3.05) is 26.8 Å². The number of ether oxygens (including phenoxy) is 2. The summed E-state index contributed by atoms with van der Waals surface area (Å²) >= 11 is 0. The molecule has 126 valence electrons. The van der Waals surface area contributed by atoms with Crippen LogP contribution in [0, 0.1) is 13.8 Å². The molecule has 2 aliphatic heterocycles. The standard InChI is InChI=1S/C17H25N3O3/c1-12-14(11-18-13(2)19-12)16(21)20-8-6-17(7-9-20)15(22-3)5-4-10-23-17/h11,15H,4-10H2,1-3H3/t15-/m1/s1. The quantitative estimate of drug-likeness (QED) is 0.833. The molecule has 1 aromatic rings. The monoisotopic (exact) mass is 319 g/mol. The lowest BCUT2D eigenvalue weighted by molar-refractivity contribution is -0.183. The minimum absolute atomic E-state index is 0.0159. The summed E-state index contributed by atoms with van der Waals surface area (Å²) in [6.45, 7) is 5.85. The van der Waals surface area contributed by atoms with Crippen LogP contribution in [0.5, 0.6) is 0 Å². The number of rotatable bonds is 2. The zero-order valence-corrected chi connectivity index (χ0v) is 14.2. The van der Waals surface area contributed by atoms with Crippen molar-refractivity contribution in [2.45, 2.75) is 51.2 Å². The van der Waals surface area contributed by atoms with Gasteiger partial charge in [-0.05, 0) is 39.5 Å². The highest BCUT2D eigenvalue weighted by Gasteiger charge is 2.45. The van der Waals surface area contributed by atoms with Crippen molar-refractivity contribution in [3.8, 4) is 0 Å². The Balaban J connectivity index is 1.69. The topological polar surface area (TPSA) is 64.6 Å². The number of nitrogens with zero attached hydrogens (tertiary/aromatic N) is 3. The number of piperidine rings is 1. The van der Waals surface area contributed by atoms with Gasteiger partial charge < -0.3 is 14.4 Å². The molecule has 1 aromatic heterocycles. The molecule has 6 nitrogen and oxygen atoms in total. The molecule has 0 radical (unpaired) electrons. The number of carbonyl (C=O) groups is 1. The molecule has 0 unspecified atom stereocenters. The summed E-state index contributed by atoms with van der Waals surface area (Å²) in [7, 11) is 1.76. The highest BCUT2D eigenvalue weighted by Crippen LogP contribution is 2.37. The molecular weight excluding hydrogens is 294 g/mol. The summed E-state index contributed by atoms with van der Waals surface area (Å²) in [4.78, 5) is 23.1. The summed E-state index contributed by atoms with van der Waals surface area (Å²) in [5.41, 5.74) is 1.12. The summed E-state index contributed by atoms with van der Waals surface area (Å²) in [6, 6.07) is 0. The van der Waals surface area contributed by atoms with Gasteiger partial charge in [-0.1, -0.05) is 0 Å². The van der Waals surface area contributed by atoms with Gasteiger partial charge in [-0.25, -0.2) is 9.97 Å². The second-order valence-electron chi connectivity index (χ2n) is 6.49. The van der Waals surface area contributed by atoms with E-state index in [0.717, 1.165) is 38.0 Å². The molecule has 23 heavy (non-hydrogen) atoms. The fourth-order valence-corrected chi connectivity index (χ4v) is 3.75. The first-order chi connectivity index (χ1) is 11.1. The molecule has 6 heteroatoms. The summed E-state index contributed by atoms with van der Waals surface area (Å²) in [5, 5.41) is 0. The van der Waals surface area contributed by atoms with E-state index < -0.39 is 0 Å². The molecule has 0 bridgehead atoms. The Morgan fingerprint density at radius 2 is 2.13 bits per heavy atom. The number of aromatic nitrogens is 2. The molecule has 1 atom stereocenters. The highest BCUT2D eigenvalue weighted by molar-refractivity contribution is 5.95. The van der Waals surface area contributed by atoms with Crippen molar-refractivity contribution in [1.82, 2.24) is 14.9 Å². The van der Waals surface area contributed by atoms with Crippen LogP contribution in [0.25, 0.3) is 0 Å². The third-order valence-corrected chi connectivity index (χ3v) is 5.10. The van der Waals surface area contributed by atoms with E-state index >= 15 is 0 Å². The average molecular weight is 319 g/mol. The molecule has 1 spiro atoms. The van der Waals surface area contributed by atoms with E-state index in [2.05, 4.69) is 9.97 Å². The lowest BCUT2D eigenvalue weighted by Gasteiger charge is -2.48. The number of carbonyl (C=O) groups excluding carboxylic acids is 1. The smallest absolute Gasteiger partial charge is 0.257 e. The number of likely N-dealkylation sites (tertiary alicyclic amines) is 1. The predicted octanol–water partition coefficient (Wildman–Crippen LogP) is 1.89. The Morgan fingerprint density at radius 1 is 1.39 bits per heavy atom. The minimum atomic E-state index is -0.220. The van der Waals surface area contributed by atoms with Gasteiger partial charge in [-0.3, -0.25) is 4.79 Å². The normalized spacial score (nSPS) is 24.0. The second-order valence-corrected chi connectivity index (χ2v) is 6.49. The Bertz CT molecular complexity index is 582. The fourth-order valence-electron chi connectivity index (χ4n) is 3.75. The van der Waals surface area contributed by atoms with Crippen molar-refractivity contribution >= 4 is 5.91 Å². The molecule has 2 saturated heterocycles. The first kappa shape index (κ1) is 16.3. The van der Waals surface area contributed by atoms with Crippen molar-refractivity contribution in [3.63, 3.8) is 0 Å². The van der Waals surface area contributed by atoms with E-state index in [1.165, 1.54) is 0 Å². The van der Waals surface area contributed by atoms with Crippen LogP contribution >= 0.6 is 0 Å². The van der Waals surface area contributed by atoms with Crippen molar-refractivity contribution in [3.05, 3.63) is 23.3 Å². The Morgan fingerprint density at radius 3 is 2.78 bits per heavy atom. The molecule has 2 fully saturated rings. The Labute approximate surface area is 137 Å². The highest BCUT2D eigenvalue weighted by atomic mass is 16.5. The van der Waals surface area contributed by atoms with Crippen LogP contribution in [0.2, 0.25) is 0 Å². The van der Waals surface area contributed by atoms with E-state index in [4.69, 9.17) is 9.47 Å². The molecule has 0 saturated carbocycles. The van der Waals surface area contributed by atoms with Gasteiger partial charge in [-0.15, -0.1) is 0 Å². The van der Waals surface area contributed by atoms with Gasteiger partial charge in [0.15, 0.2) is 0 Å². The minimum Gasteiger partial charge on any atom is -0.378 e. The molecular formula is C17H25N3O3. The maximum absolute atomic E-state index is 12.7. The molecule has 1 amide bonds. The third kappa shape index (κ3) is 3.10. The summed E-state index contributed by atoms with van der Waals surface area (Å²) < 4.78 is 11.7. The maximum atomic E-state index is 12.7. The number of amides is 1. The molecule has 0 N–H and O–H groups in total. The zero-order valence-electron chi connectivity index (χ0n) is 14.2. The molecule has 2 aliphatic rings. The van der Waals surface area contributed by atoms with Gasteiger partial charge in [0, 0.05) is 33.0 Å². The molecule has 0 aliphatic carbocycles. The summed E-state index contributed by atoms with van der Waals surface area (Å²) in [5.74, 6) is 0.706. The van der Waals surface area contributed by atoms with Crippen LogP contribution in [0.15, 0.2) is 6.20 Å². The summed E-state index contributed by atoms with van der Waals surface area (Å²) in [6.07, 6.45) is 5.50. The van der Waals surface area contributed by atoms with Crippen LogP contribution in [-0.2, 0) is 9.47 Å². The molecule has 3 rings (SSSR count). The second kappa shape index (κ2) is 6.53. The average Bonchev–Trinajstić information content (AvgIpc) is 2.55. The largest absolute Gasteiger partial charge is 0.378 e. The number of hydrogen-bond donors (Lipinski definition) is 0. The van der Waals surface area contributed by atoms with E-state index in [-0.39, 0.29) is 17.6 Å². The van der Waals surface area contributed by atoms with Crippen LogP contribution in [0.3, 0.4) is 0 Å². The number of aryl methyl sites for hydroxylation is 2. The Kier molecular flexibility index (Phi) is 4.64. The number of methoxy groups -OCH3 is 1. The van der Waals surface area contributed by atoms with E-state index in [1.807, 2.05) is 18.7 Å². The van der Waals surface area contributed by atoms with Crippen LogP contribution < -0.4 is 0 Å². The third-order valence-electron chi connectivity index (χ3n) is 5.10. The lowest BCUT2D eigenvalue weighted by atomic mass is 9.81.